The summed E-state index contributed by atoms with van der Waals surface area (Å²) in [5.74, 6) is 0.654. The van der Waals surface area contributed by atoms with Crippen LogP contribution in [0.4, 0.5) is 0 Å². The molecule has 1 aromatic rings. The maximum atomic E-state index is 11.1. The van der Waals surface area contributed by atoms with Gasteiger partial charge in [0.25, 0.3) is 0 Å². The van der Waals surface area contributed by atoms with Gasteiger partial charge >= 0.3 is 10.1 Å². The Labute approximate surface area is 176 Å². The molecular weight excluding hydrogens is 388 g/mol. The SMILES string of the molecule is CCCCCCC/C=C/C1(C)CCc2c(C)c(OCS(=O)(=O)O)c(C)c(C)c2O1. The molecule has 29 heavy (non-hydrogen) atoms. The normalized spacial score (nSPS) is 19.2. The summed E-state index contributed by atoms with van der Waals surface area (Å²) < 4.78 is 43.1. The molecule has 0 saturated carbocycles. The summed E-state index contributed by atoms with van der Waals surface area (Å²) in [7, 11) is -4.19. The highest BCUT2D eigenvalue weighted by Crippen LogP contribution is 2.44. The van der Waals surface area contributed by atoms with Gasteiger partial charge in [0.15, 0.2) is 0 Å². The molecule has 1 heterocycles. The van der Waals surface area contributed by atoms with Gasteiger partial charge in [-0.25, -0.2) is 0 Å². The van der Waals surface area contributed by atoms with Crippen LogP contribution in [0.2, 0.25) is 0 Å². The molecule has 0 aliphatic carbocycles. The molecule has 1 atom stereocenters. The second kappa shape index (κ2) is 9.98. The van der Waals surface area contributed by atoms with E-state index in [9.17, 15) is 8.42 Å². The molecule has 0 amide bonds. The molecule has 0 fully saturated rings. The second-order valence-electron chi connectivity index (χ2n) is 8.38. The Bertz CT molecular complexity index is 842. The second-order valence-corrected chi connectivity index (χ2v) is 9.78. The quantitative estimate of drug-likeness (QED) is 0.290. The van der Waals surface area contributed by atoms with Crippen molar-refractivity contribution in [1.29, 1.82) is 0 Å². The lowest BCUT2D eigenvalue weighted by Crippen LogP contribution is -2.35. The first-order valence-electron chi connectivity index (χ1n) is 10.7. The van der Waals surface area contributed by atoms with E-state index in [1.807, 2.05) is 20.8 Å². The Kier molecular flexibility index (Phi) is 8.18. The van der Waals surface area contributed by atoms with Crippen molar-refractivity contribution in [1.82, 2.24) is 0 Å². The van der Waals surface area contributed by atoms with Crippen molar-refractivity contribution >= 4 is 10.1 Å². The highest BCUT2D eigenvalue weighted by Gasteiger charge is 2.33. The first-order valence-corrected chi connectivity index (χ1v) is 12.3. The molecule has 6 heteroatoms. The molecule has 0 saturated heterocycles. The van der Waals surface area contributed by atoms with Crippen LogP contribution < -0.4 is 9.47 Å². The Hall–Kier alpha value is -1.53. The first-order chi connectivity index (χ1) is 13.6. The summed E-state index contributed by atoms with van der Waals surface area (Å²) in [5, 5.41) is 0. The third kappa shape index (κ3) is 6.48. The molecule has 0 bridgehead atoms. The van der Waals surface area contributed by atoms with Crippen LogP contribution in [0.5, 0.6) is 11.5 Å². The fourth-order valence-corrected chi connectivity index (χ4v) is 4.18. The van der Waals surface area contributed by atoms with Gasteiger partial charge in [-0.1, -0.05) is 38.7 Å². The van der Waals surface area contributed by atoms with E-state index in [-0.39, 0.29) is 5.60 Å². The minimum Gasteiger partial charge on any atom is -0.483 e. The zero-order chi connectivity index (χ0) is 21.7. The standard InChI is InChI=1S/C23H36O5S/c1-6-7-8-9-10-11-12-14-23(5)15-13-20-19(4)21(27-16-29(24,25)26)17(2)18(3)22(20)28-23/h12,14H,6-11,13,15-16H2,1-5H3,(H,24,25,26)/b14-12+. The fourth-order valence-electron chi connectivity index (χ4n) is 3.92. The van der Waals surface area contributed by atoms with Crippen molar-refractivity contribution < 1.29 is 22.4 Å². The zero-order valence-electron chi connectivity index (χ0n) is 18.5. The van der Waals surface area contributed by atoms with Crippen LogP contribution in [-0.2, 0) is 16.5 Å². The Morgan fingerprint density at radius 2 is 1.79 bits per heavy atom. The molecule has 1 aliphatic heterocycles. The molecule has 1 N–H and O–H groups in total. The maximum absolute atomic E-state index is 11.1. The van der Waals surface area contributed by atoms with Crippen molar-refractivity contribution in [2.75, 3.05) is 5.94 Å². The molecule has 0 radical (unpaired) electrons. The third-order valence-electron chi connectivity index (χ3n) is 5.81. The smallest absolute Gasteiger partial charge is 0.300 e. The average Bonchev–Trinajstić information content (AvgIpc) is 2.64. The monoisotopic (exact) mass is 424 g/mol. The Balaban J connectivity index is 2.13. The first kappa shape index (κ1) is 23.7. The van der Waals surface area contributed by atoms with E-state index >= 15 is 0 Å². The van der Waals surface area contributed by atoms with E-state index < -0.39 is 16.1 Å². The van der Waals surface area contributed by atoms with Crippen LogP contribution in [0.3, 0.4) is 0 Å². The van der Waals surface area contributed by atoms with E-state index in [4.69, 9.17) is 14.0 Å². The van der Waals surface area contributed by atoms with Crippen molar-refractivity contribution in [2.24, 2.45) is 0 Å². The topological polar surface area (TPSA) is 72.8 Å². The van der Waals surface area contributed by atoms with Gasteiger partial charge in [0, 0.05) is 5.56 Å². The number of allylic oxidation sites excluding steroid dienone is 1. The molecule has 2 rings (SSSR count). The lowest BCUT2D eigenvalue weighted by Gasteiger charge is -2.36. The highest BCUT2D eigenvalue weighted by atomic mass is 32.2. The van der Waals surface area contributed by atoms with Gasteiger partial charge in [0.05, 0.1) is 0 Å². The van der Waals surface area contributed by atoms with Gasteiger partial charge in [-0.05, 0) is 76.1 Å². The van der Waals surface area contributed by atoms with Gasteiger partial charge in [0.2, 0.25) is 5.94 Å². The van der Waals surface area contributed by atoms with Crippen molar-refractivity contribution in [3.8, 4) is 11.5 Å². The summed E-state index contributed by atoms with van der Waals surface area (Å²) in [4.78, 5) is 0. The van der Waals surface area contributed by atoms with Gasteiger partial charge in [-0.2, -0.15) is 8.42 Å². The molecule has 0 spiro atoms. The lowest BCUT2D eigenvalue weighted by atomic mass is 9.87. The lowest BCUT2D eigenvalue weighted by molar-refractivity contribution is 0.112. The van der Waals surface area contributed by atoms with Gasteiger partial charge in [-0.3, -0.25) is 4.55 Å². The summed E-state index contributed by atoms with van der Waals surface area (Å²) in [5.41, 5.74) is 3.40. The Morgan fingerprint density at radius 1 is 1.10 bits per heavy atom. The molecule has 164 valence electrons. The van der Waals surface area contributed by atoms with Crippen LogP contribution in [-0.4, -0.2) is 24.5 Å². The van der Waals surface area contributed by atoms with E-state index in [1.165, 1.54) is 32.1 Å². The number of rotatable bonds is 10. The molecule has 0 aromatic heterocycles. The predicted molar refractivity (Wildman–Crippen MR) is 118 cm³/mol. The summed E-state index contributed by atoms with van der Waals surface area (Å²) >= 11 is 0. The average molecular weight is 425 g/mol. The summed E-state index contributed by atoms with van der Waals surface area (Å²) in [6.07, 6.45) is 13.6. The van der Waals surface area contributed by atoms with E-state index in [1.54, 1.807) is 0 Å². The number of ether oxygens (including phenoxy) is 2. The number of hydrogen-bond acceptors (Lipinski definition) is 4. The van der Waals surface area contributed by atoms with Crippen LogP contribution in [0.25, 0.3) is 0 Å². The van der Waals surface area contributed by atoms with E-state index in [0.29, 0.717) is 5.75 Å². The van der Waals surface area contributed by atoms with E-state index in [0.717, 1.165) is 47.3 Å². The third-order valence-corrected chi connectivity index (χ3v) is 6.23. The maximum Gasteiger partial charge on any atom is 0.300 e. The molecular formula is C23H36O5S. The van der Waals surface area contributed by atoms with E-state index in [2.05, 4.69) is 26.0 Å². The van der Waals surface area contributed by atoms with Crippen molar-refractivity contribution in [3.05, 3.63) is 34.4 Å². The zero-order valence-corrected chi connectivity index (χ0v) is 19.3. The molecule has 1 aromatic carbocycles. The fraction of sp³-hybridized carbons (Fsp3) is 0.652. The van der Waals surface area contributed by atoms with Crippen LogP contribution in [0, 0.1) is 20.8 Å². The number of hydrogen-bond donors (Lipinski definition) is 1. The molecule has 1 unspecified atom stereocenters. The Morgan fingerprint density at radius 3 is 2.45 bits per heavy atom. The van der Waals surface area contributed by atoms with Gasteiger partial charge < -0.3 is 9.47 Å². The number of fused-ring (bicyclic) bond motifs is 1. The summed E-state index contributed by atoms with van der Waals surface area (Å²) in [6, 6.07) is 0. The van der Waals surface area contributed by atoms with Crippen LogP contribution in [0.1, 0.15) is 81.0 Å². The largest absolute Gasteiger partial charge is 0.483 e. The van der Waals surface area contributed by atoms with Crippen LogP contribution >= 0.6 is 0 Å². The van der Waals surface area contributed by atoms with Gasteiger partial charge in [0.1, 0.15) is 17.1 Å². The highest BCUT2D eigenvalue weighted by molar-refractivity contribution is 7.85. The summed E-state index contributed by atoms with van der Waals surface area (Å²) in [6.45, 7) is 10.1. The molecule has 5 nitrogen and oxygen atoms in total. The van der Waals surface area contributed by atoms with Crippen molar-refractivity contribution in [3.63, 3.8) is 0 Å². The predicted octanol–water partition coefficient (Wildman–Crippen LogP) is 5.84. The minimum absolute atomic E-state index is 0.336. The van der Waals surface area contributed by atoms with Crippen LogP contribution in [0.15, 0.2) is 12.2 Å². The van der Waals surface area contributed by atoms with Crippen molar-refractivity contribution in [2.45, 2.75) is 91.6 Å². The number of benzene rings is 1. The number of unbranched alkanes of at least 4 members (excludes halogenated alkanes) is 5. The minimum atomic E-state index is -4.19. The molecule has 1 aliphatic rings. The van der Waals surface area contributed by atoms with Gasteiger partial charge in [-0.15, -0.1) is 0 Å².